The molecule has 0 bridgehead atoms. The fourth-order valence-corrected chi connectivity index (χ4v) is 4.50. The lowest BCUT2D eigenvalue weighted by Crippen LogP contribution is -2.49. The smallest absolute Gasteiger partial charge is 0.335 e. The molecule has 154 valence electrons. The molecule has 1 aliphatic heterocycles. The van der Waals surface area contributed by atoms with Crippen molar-refractivity contribution in [3.8, 4) is 0 Å². The van der Waals surface area contributed by atoms with E-state index in [1.807, 2.05) is 24.3 Å². The van der Waals surface area contributed by atoms with Crippen molar-refractivity contribution in [2.75, 3.05) is 6.54 Å². The van der Waals surface area contributed by atoms with Crippen LogP contribution < -0.4 is 5.32 Å². The molecule has 1 N–H and O–H groups in total. The van der Waals surface area contributed by atoms with E-state index in [1.54, 1.807) is 4.90 Å². The van der Waals surface area contributed by atoms with Crippen molar-refractivity contribution >= 4 is 6.03 Å². The molecule has 1 unspecified atom stereocenters. The molecule has 1 saturated carbocycles. The molecular weight excluding hydrogens is 377 g/mol. The predicted octanol–water partition coefficient (Wildman–Crippen LogP) is 5.70. The molecule has 2 amide bonds. The first kappa shape index (κ1) is 19.8. The monoisotopic (exact) mass is 402 g/mol. The zero-order chi connectivity index (χ0) is 20.4. The van der Waals surface area contributed by atoms with Gasteiger partial charge in [-0.25, -0.2) is 4.79 Å². The molecule has 0 spiro atoms. The Balaban J connectivity index is 1.64. The molecule has 2 aromatic carbocycles. The third kappa shape index (κ3) is 4.26. The summed E-state index contributed by atoms with van der Waals surface area (Å²) >= 11 is 0. The van der Waals surface area contributed by atoms with Gasteiger partial charge in [-0.3, -0.25) is 0 Å². The van der Waals surface area contributed by atoms with E-state index in [0.717, 1.165) is 55.4 Å². The fraction of sp³-hybridized carbons (Fsp3) is 0.435. The van der Waals surface area contributed by atoms with E-state index in [2.05, 4.69) is 5.32 Å². The SMILES string of the molecule is O=C(NC1CCCCC1)N1CCc2ccccc2C1c1ccc(C(F)(F)F)cc1. The van der Waals surface area contributed by atoms with Crippen LogP contribution in [0.5, 0.6) is 0 Å². The highest BCUT2D eigenvalue weighted by atomic mass is 19.4. The van der Waals surface area contributed by atoms with E-state index >= 15 is 0 Å². The van der Waals surface area contributed by atoms with Gasteiger partial charge in [-0.05, 0) is 48.1 Å². The summed E-state index contributed by atoms with van der Waals surface area (Å²) in [6.45, 7) is 0.543. The normalized spacial score (nSPS) is 20.2. The number of halogens is 3. The number of amides is 2. The number of hydrogen-bond donors (Lipinski definition) is 1. The van der Waals surface area contributed by atoms with Crippen molar-refractivity contribution < 1.29 is 18.0 Å². The standard InChI is InChI=1S/C23H25F3N2O/c24-23(25,26)18-12-10-17(11-13-18)21-20-9-5-4-6-16(20)14-15-28(21)22(29)27-19-7-2-1-3-8-19/h4-6,9-13,19,21H,1-3,7-8,14-15H2,(H,27,29). The minimum atomic E-state index is -4.37. The van der Waals surface area contributed by atoms with Crippen LogP contribution in [0.4, 0.5) is 18.0 Å². The Morgan fingerprint density at radius 3 is 2.34 bits per heavy atom. The molecule has 1 atom stereocenters. The lowest BCUT2D eigenvalue weighted by Gasteiger charge is -2.39. The first-order chi connectivity index (χ1) is 13.9. The molecule has 6 heteroatoms. The van der Waals surface area contributed by atoms with E-state index in [0.29, 0.717) is 12.1 Å². The molecule has 1 aliphatic carbocycles. The Morgan fingerprint density at radius 1 is 0.966 bits per heavy atom. The zero-order valence-corrected chi connectivity index (χ0v) is 16.2. The summed E-state index contributed by atoms with van der Waals surface area (Å²) in [6.07, 6.45) is 1.79. The number of urea groups is 1. The summed E-state index contributed by atoms with van der Waals surface area (Å²) < 4.78 is 39.0. The minimum absolute atomic E-state index is 0.128. The van der Waals surface area contributed by atoms with Crippen LogP contribution >= 0.6 is 0 Å². The highest BCUT2D eigenvalue weighted by Gasteiger charge is 2.34. The highest BCUT2D eigenvalue weighted by Crippen LogP contribution is 2.37. The van der Waals surface area contributed by atoms with Gasteiger partial charge in [-0.15, -0.1) is 0 Å². The van der Waals surface area contributed by atoms with Gasteiger partial charge in [0.2, 0.25) is 0 Å². The van der Waals surface area contributed by atoms with E-state index in [9.17, 15) is 18.0 Å². The van der Waals surface area contributed by atoms with Crippen LogP contribution in [0.25, 0.3) is 0 Å². The molecule has 2 aliphatic rings. The predicted molar refractivity (Wildman–Crippen MR) is 106 cm³/mol. The number of nitrogens with one attached hydrogen (secondary N) is 1. The van der Waals surface area contributed by atoms with Crippen LogP contribution in [0.2, 0.25) is 0 Å². The number of nitrogens with zero attached hydrogens (tertiary/aromatic N) is 1. The Morgan fingerprint density at radius 2 is 1.66 bits per heavy atom. The lowest BCUT2D eigenvalue weighted by atomic mass is 9.88. The van der Waals surface area contributed by atoms with Crippen molar-refractivity contribution in [1.82, 2.24) is 10.2 Å². The van der Waals surface area contributed by atoms with E-state index in [1.165, 1.54) is 18.6 Å². The Bertz CT molecular complexity index is 857. The maximum atomic E-state index is 13.1. The van der Waals surface area contributed by atoms with Gasteiger partial charge in [-0.2, -0.15) is 13.2 Å². The maximum Gasteiger partial charge on any atom is 0.416 e. The van der Waals surface area contributed by atoms with Crippen LogP contribution in [0.3, 0.4) is 0 Å². The average Bonchev–Trinajstić information content (AvgIpc) is 2.73. The van der Waals surface area contributed by atoms with Gasteiger partial charge >= 0.3 is 12.2 Å². The van der Waals surface area contributed by atoms with Gasteiger partial charge in [0, 0.05) is 12.6 Å². The van der Waals surface area contributed by atoms with E-state index in [-0.39, 0.29) is 18.1 Å². The number of carbonyl (C=O) groups is 1. The van der Waals surface area contributed by atoms with Crippen LogP contribution in [0.1, 0.15) is 60.4 Å². The van der Waals surface area contributed by atoms with Crippen molar-refractivity contribution in [1.29, 1.82) is 0 Å². The van der Waals surface area contributed by atoms with Gasteiger partial charge in [0.15, 0.2) is 0 Å². The molecule has 0 saturated heterocycles. The Kier molecular flexibility index (Phi) is 5.52. The van der Waals surface area contributed by atoms with Crippen LogP contribution in [0, 0.1) is 0 Å². The van der Waals surface area contributed by atoms with Crippen molar-refractivity contribution in [3.05, 3.63) is 70.8 Å². The summed E-state index contributed by atoms with van der Waals surface area (Å²) in [6, 6.07) is 12.7. The van der Waals surface area contributed by atoms with Gasteiger partial charge in [0.25, 0.3) is 0 Å². The lowest BCUT2D eigenvalue weighted by molar-refractivity contribution is -0.137. The third-order valence-electron chi connectivity index (χ3n) is 6.03. The summed E-state index contributed by atoms with van der Waals surface area (Å²) in [5.41, 5.74) is 2.14. The van der Waals surface area contributed by atoms with Gasteiger partial charge in [-0.1, -0.05) is 55.7 Å². The molecule has 0 aromatic heterocycles. The largest absolute Gasteiger partial charge is 0.416 e. The van der Waals surface area contributed by atoms with Gasteiger partial charge in [0.05, 0.1) is 11.6 Å². The number of alkyl halides is 3. The van der Waals surface area contributed by atoms with E-state index < -0.39 is 11.7 Å². The number of hydrogen-bond acceptors (Lipinski definition) is 1. The number of benzene rings is 2. The fourth-order valence-electron chi connectivity index (χ4n) is 4.50. The summed E-state index contributed by atoms with van der Waals surface area (Å²) in [4.78, 5) is 14.9. The summed E-state index contributed by atoms with van der Waals surface area (Å²) in [5, 5.41) is 3.16. The highest BCUT2D eigenvalue weighted by molar-refractivity contribution is 5.76. The van der Waals surface area contributed by atoms with Crippen LogP contribution in [-0.2, 0) is 12.6 Å². The second-order valence-electron chi connectivity index (χ2n) is 7.95. The molecule has 4 rings (SSSR count). The molecule has 2 aromatic rings. The molecule has 1 fully saturated rings. The Labute approximate surface area is 168 Å². The van der Waals surface area contributed by atoms with Crippen LogP contribution in [0.15, 0.2) is 48.5 Å². The molecule has 0 radical (unpaired) electrons. The molecule has 1 heterocycles. The molecule has 29 heavy (non-hydrogen) atoms. The van der Waals surface area contributed by atoms with Crippen molar-refractivity contribution in [3.63, 3.8) is 0 Å². The zero-order valence-electron chi connectivity index (χ0n) is 16.2. The maximum absolute atomic E-state index is 13.1. The van der Waals surface area contributed by atoms with Crippen molar-refractivity contribution in [2.24, 2.45) is 0 Å². The number of fused-ring (bicyclic) bond motifs is 1. The van der Waals surface area contributed by atoms with E-state index in [4.69, 9.17) is 0 Å². The first-order valence-electron chi connectivity index (χ1n) is 10.3. The average molecular weight is 402 g/mol. The second-order valence-corrected chi connectivity index (χ2v) is 7.95. The number of carbonyl (C=O) groups excluding carboxylic acids is 1. The second kappa shape index (κ2) is 8.09. The van der Waals surface area contributed by atoms with Crippen LogP contribution in [-0.4, -0.2) is 23.5 Å². The summed E-state index contributed by atoms with van der Waals surface area (Å²) in [7, 11) is 0. The molecule has 3 nitrogen and oxygen atoms in total. The number of rotatable bonds is 2. The Hall–Kier alpha value is -2.50. The summed E-state index contributed by atoms with van der Waals surface area (Å²) in [5.74, 6) is 0. The molecular formula is C23H25F3N2O. The third-order valence-corrected chi connectivity index (χ3v) is 6.03. The van der Waals surface area contributed by atoms with Crippen molar-refractivity contribution in [2.45, 2.75) is 56.8 Å². The topological polar surface area (TPSA) is 32.3 Å². The van der Waals surface area contributed by atoms with Gasteiger partial charge in [0.1, 0.15) is 0 Å². The van der Waals surface area contributed by atoms with Gasteiger partial charge < -0.3 is 10.2 Å². The first-order valence-corrected chi connectivity index (χ1v) is 10.3. The minimum Gasteiger partial charge on any atom is -0.335 e. The quantitative estimate of drug-likeness (QED) is 0.687.